The van der Waals surface area contributed by atoms with Crippen molar-refractivity contribution in [3.63, 3.8) is 0 Å². The summed E-state index contributed by atoms with van der Waals surface area (Å²) in [6.07, 6.45) is 3.27. The summed E-state index contributed by atoms with van der Waals surface area (Å²) >= 11 is 0. The van der Waals surface area contributed by atoms with Crippen molar-refractivity contribution < 1.29 is 17.9 Å². The highest BCUT2D eigenvalue weighted by Gasteiger charge is 2.29. The molecule has 0 spiro atoms. The van der Waals surface area contributed by atoms with Gasteiger partial charge in [-0.25, -0.2) is 8.42 Å². The van der Waals surface area contributed by atoms with Crippen LogP contribution < -0.4 is 10.2 Å². The van der Waals surface area contributed by atoms with Crippen LogP contribution in [0.1, 0.15) is 35.3 Å². The first-order valence-electron chi connectivity index (χ1n) is 10.6. The zero-order valence-electron chi connectivity index (χ0n) is 18.0. The lowest BCUT2D eigenvalue weighted by Crippen LogP contribution is -2.40. The largest absolute Gasteiger partial charge is 0.379 e. The van der Waals surface area contributed by atoms with Gasteiger partial charge < -0.3 is 15.0 Å². The van der Waals surface area contributed by atoms with Crippen molar-refractivity contribution in [2.24, 2.45) is 7.05 Å². The Balaban J connectivity index is 1.71. The monoisotopic (exact) mass is 447 g/mol. The lowest BCUT2D eigenvalue weighted by molar-refractivity contribution is 0.0730. The lowest BCUT2D eigenvalue weighted by atomic mass is 10.1. The molecular weight excluding hydrogens is 418 g/mol. The Morgan fingerprint density at radius 1 is 1.06 bits per heavy atom. The topological polar surface area (TPSA) is 96.8 Å². The number of amides is 1. The molecule has 31 heavy (non-hydrogen) atoms. The second-order valence-electron chi connectivity index (χ2n) is 7.99. The molecule has 0 saturated carbocycles. The number of hydrogen-bond donors (Lipinski definition) is 1. The number of piperidine rings is 1. The van der Waals surface area contributed by atoms with Crippen molar-refractivity contribution in [3.05, 3.63) is 35.5 Å². The standard InChI is InChI=1S/C21H29N5O4S/c1-16-14-20(24(2)23-16)22-21(27)18-15-17(31(28,29)26-10-12-30-13-11-26)6-7-19(18)25-8-4-3-5-9-25/h6-7,14-15H,3-5,8-13H2,1-2H3,(H,22,27). The second kappa shape index (κ2) is 8.97. The third kappa shape index (κ3) is 4.60. The van der Waals surface area contributed by atoms with Gasteiger partial charge in [0.05, 0.1) is 29.4 Å². The molecule has 1 aromatic carbocycles. The van der Waals surface area contributed by atoms with Crippen LogP contribution in [0.5, 0.6) is 0 Å². The molecule has 0 aliphatic carbocycles. The molecule has 3 heterocycles. The Morgan fingerprint density at radius 3 is 2.42 bits per heavy atom. The van der Waals surface area contributed by atoms with E-state index in [4.69, 9.17) is 4.74 Å². The van der Waals surface area contributed by atoms with Gasteiger partial charge in [0, 0.05) is 45.0 Å². The number of sulfonamides is 1. The van der Waals surface area contributed by atoms with Gasteiger partial charge in [-0.1, -0.05) is 0 Å². The van der Waals surface area contributed by atoms with Crippen molar-refractivity contribution in [1.29, 1.82) is 0 Å². The van der Waals surface area contributed by atoms with E-state index in [0.29, 0.717) is 37.7 Å². The van der Waals surface area contributed by atoms with E-state index in [2.05, 4.69) is 15.3 Å². The zero-order chi connectivity index (χ0) is 22.0. The summed E-state index contributed by atoms with van der Waals surface area (Å²) in [6, 6.07) is 6.67. The van der Waals surface area contributed by atoms with Crippen LogP contribution in [-0.2, 0) is 21.8 Å². The molecule has 0 unspecified atom stereocenters. The average Bonchev–Trinajstić information content (AvgIpc) is 3.10. The number of ether oxygens (including phenoxy) is 1. The van der Waals surface area contributed by atoms with Gasteiger partial charge in [0.15, 0.2) is 0 Å². The minimum Gasteiger partial charge on any atom is -0.379 e. The fourth-order valence-electron chi connectivity index (χ4n) is 4.12. The minimum absolute atomic E-state index is 0.126. The number of anilines is 2. The van der Waals surface area contributed by atoms with E-state index in [0.717, 1.165) is 43.7 Å². The number of carbonyl (C=O) groups is 1. The minimum atomic E-state index is -3.71. The molecule has 1 N–H and O–H groups in total. The molecule has 4 rings (SSSR count). The summed E-state index contributed by atoms with van der Waals surface area (Å²) < 4.78 is 34.7. The summed E-state index contributed by atoms with van der Waals surface area (Å²) in [4.78, 5) is 15.6. The third-order valence-corrected chi connectivity index (χ3v) is 7.66. The normalized spacial score (nSPS) is 18.2. The van der Waals surface area contributed by atoms with Gasteiger partial charge in [-0.15, -0.1) is 0 Å². The Bertz CT molecular complexity index is 1050. The Kier molecular flexibility index (Phi) is 6.31. The van der Waals surface area contributed by atoms with Gasteiger partial charge in [-0.05, 0) is 44.4 Å². The number of nitrogens with zero attached hydrogens (tertiary/aromatic N) is 4. The summed E-state index contributed by atoms with van der Waals surface area (Å²) in [5.74, 6) is 0.219. The van der Waals surface area contributed by atoms with Gasteiger partial charge in [-0.2, -0.15) is 9.40 Å². The van der Waals surface area contributed by atoms with Crippen molar-refractivity contribution in [2.45, 2.75) is 31.1 Å². The number of nitrogens with one attached hydrogen (secondary N) is 1. The van der Waals surface area contributed by atoms with Crippen molar-refractivity contribution in [3.8, 4) is 0 Å². The molecular formula is C21H29N5O4S. The first kappa shape index (κ1) is 21.8. The van der Waals surface area contributed by atoms with Crippen LogP contribution in [0.25, 0.3) is 0 Å². The van der Waals surface area contributed by atoms with Crippen LogP contribution in [0, 0.1) is 6.92 Å². The van der Waals surface area contributed by atoms with Gasteiger partial charge in [-0.3, -0.25) is 9.48 Å². The van der Waals surface area contributed by atoms with E-state index in [1.165, 1.54) is 10.4 Å². The van der Waals surface area contributed by atoms with E-state index < -0.39 is 10.0 Å². The number of carbonyl (C=O) groups excluding carboxylic acids is 1. The van der Waals surface area contributed by atoms with Crippen molar-refractivity contribution in [1.82, 2.24) is 14.1 Å². The highest BCUT2D eigenvalue weighted by molar-refractivity contribution is 7.89. The molecule has 10 heteroatoms. The van der Waals surface area contributed by atoms with Crippen LogP contribution in [-0.4, -0.2) is 67.8 Å². The number of aromatic nitrogens is 2. The van der Waals surface area contributed by atoms with Crippen molar-refractivity contribution in [2.75, 3.05) is 49.6 Å². The summed E-state index contributed by atoms with van der Waals surface area (Å²) in [7, 11) is -1.95. The molecule has 168 valence electrons. The van der Waals surface area contributed by atoms with E-state index in [1.807, 2.05) is 6.92 Å². The highest BCUT2D eigenvalue weighted by atomic mass is 32.2. The second-order valence-corrected chi connectivity index (χ2v) is 9.93. The summed E-state index contributed by atoms with van der Waals surface area (Å²) in [5, 5.41) is 7.16. The molecule has 2 aliphatic heterocycles. The molecule has 2 aromatic rings. The number of morpholine rings is 1. The fraction of sp³-hybridized carbons (Fsp3) is 0.524. The van der Waals surface area contributed by atoms with Gasteiger partial charge in [0.2, 0.25) is 10.0 Å². The SMILES string of the molecule is Cc1cc(NC(=O)c2cc(S(=O)(=O)N3CCOCC3)ccc2N2CCCCC2)n(C)n1. The summed E-state index contributed by atoms with van der Waals surface area (Å²) in [5.41, 5.74) is 1.91. The van der Waals surface area contributed by atoms with E-state index in [-0.39, 0.29) is 10.8 Å². The molecule has 0 radical (unpaired) electrons. The maximum Gasteiger partial charge on any atom is 0.258 e. The number of rotatable bonds is 5. The first-order valence-corrected chi connectivity index (χ1v) is 12.1. The van der Waals surface area contributed by atoms with Crippen LogP contribution in [0.4, 0.5) is 11.5 Å². The molecule has 0 atom stereocenters. The quantitative estimate of drug-likeness (QED) is 0.753. The highest BCUT2D eigenvalue weighted by Crippen LogP contribution is 2.29. The fourth-order valence-corrected chi connectivity index (χ4v) is 5.55. The average molecular weight is 448 g/mol. The number of hydrogen-bond acceptors (Lipinski definition) is 6. The molecule has 1 amide bonds. The van der Waals surface area contributed by atoms with Crippen LogP contribution in [0.2, 0.25) is 0 Å². The smallest absolute Gasteiger partial charge is 0.258 e. The Labute approximate surface area is 183 Å². The number of aryl methyl sites for hydroxylation is 2. The zero-order valence-corrected chi connectivity index (χ0v) is 18.8. The maximum atomic E-state index is 13.3. The van der Waals surface area contributed by atoms with Gasteiger partial charge in [0.1, 0.15) is 5.82 Å². The molecule has 2 aliphatic rings. The first-order chi connectivity index (χ1) is 14.9. The van der Waals surface area contributed by atoms with E-state index in [9.17, 15) is 13.2 Å². The predicted molar refractivity (Wildman–Crippen MR) is 118 cm³/mol. The third-order valence-electron chi connectivity index (χ3n) is 5.76. The van der Waals surface area contributed by atoms with Gasteiger partial charge >= 0.3 is 0 Å². The molecule has 0 bridgehead atoms. The molecule has 2 saturated heterocycles. The molecule has 2 fully saturated rings. The number of benzene rings is 1. The molecule has 1 aromatic heterocycles. The van der Waals surface area contributed by atoms with Crippen molar-refractivity contribution >= 4 is 27.4 Å². The van der Waals surface area contributed by atoms with E-state index in [1.54, 1.807) is 29.9 Å². The van der Waals surface area contributed by atoms with Crippen LogP contribution >= 0.6 is 0 Å². The Morgan fingerprint density at radius 2 is 1.77 bits per heavy atom. The van der Waals surface area contributed by atoms with E-state index >= 15 is 0 Å². The van der Waals surface area contributed by atoms with Crippen LogP contribution in [0.3, 0.4) is 0 Å². The predicted octanol–water partition coefficient (Wildman–Crippen LogP) is 1.99. The lowest BCUT2D eigenvalue weighted by Gasteiger charge is -2.31. The maximum absolute atomic E-state index is 13.3. The Hall–Kier alpha value is -2.43. The summed E-state index contributed by atoms with van der Waals surface area (Å²) in [6.45, 7) is 4.92. The van der Waals surface area contributed by atoms with Crippen LogP contribution in [0.15, 0.2) is 29.2 Å². The van der Waals surface area contributed by atoms with Gasteiger partial charge in [0.25, 0.3) is 5.91 Å². The molecule has 9 nitrogen and oxygen atoms in total.